The first-order valence-electron chi connectivity index (χ1n) is 5.79. The molecule has 5 heteroatoms. The molecule has 0 atom stereocenters. The molecule has 0 fully saturated rings. The molecule has 0 saturated carbocycles. The van der Waals surface area contributed by atoms with Crippen LogP contribution in [0, 0.1) is 0 Å². The van der Waals surface area contributed by atoms with Gasteiger partial charge < -0.3 is 15.5 Å². The number of hydrogen-bond acceptors (Lipinski definition) is 3. The zero-order chi connectivity index (χ0) is 13.5. The third-order valence-electron chi connectivity index (χ3n) is 2.48. The van der Waals surface area contributed by atoms with Crippen LogP contribution < -0.4 is 10.6 Å². The molecule has 0 heterocycles. The molecule has 0 aliphatic carbocycles. The average molecular weight is 249 g/mol. The molecule has 1 aromatic carbocycles. The van der Waals surface area contributed by atoms with E-state index < -0.39 is 0 Å². The summed E-state index contributed by atoms with van der Waals surface area (Å²) in [5, 5.41) is 5.34. The van der Waals surface area contributed by atoms with E-state index in [1.807, 2.05) is 19.0 Å². The number of likely N-dealkylation sites (N-methyl/N-ethyl adjacent to an activating group) is 1. The second-order valence-corrected chi connectivity index (χ2v) is 4.22. The number of amides is 2. The summed E-state index contributed by atoms with van der Waals surface area (Å²) >= 11 is 0. The summed E-state index contributed by atoms with van der Waals surface area (Å²) in [6.07, 6.45) is 0. The van der Waals surface area contributed by atoms with E-state index in [0.29, 0.717) is 17.7 Å². The summed E-state index contributed by atoms with van der Waals surface area (Å²) in [5.41, 5.74) is 1.10. The molecule has 0 aliphatic heterocycles. The Morgan fingerprint density at radius 3 is 2.00 bits per heavy atom. The average Bonchev–Trinajstić information content (AvgIpc) is 2.37. The lowest BCUT2D eigenvalue weighted by Gasteiger charge is -2.10. The van der Waals surface area contributed by atoms with Gasteiger partial charge in [0, 0.05) is 31.3 Å². The molecule has 0 bridgehead atoms. The largest absolute Gasteiger partial charge is 0.355 e. The van der Waals surface area contributed by atoms with Gasteiger partial charge in [-0.05, 0) is 38.4 Å². The minimum absolute atomic E-state index is 0.125. The first kappa shape index (κ1) is 14.2. The van der Waals surface area contributed by atoms with Crippen LogP contribution in [0.25, 0.3) is 0 Å². The molecule has 0 spiro atoms. The highest BCUT2D eigenvalue weighted by molar-refractivity contribution is 5.97. The molecule has 0 radical (unpaired) electrons. The van der Waals surface area contributed by atoms with Gasteiger partial charge in [0.15, 0.2) is 0 Å². The van der Waals surface area contributed by atoms with E-state index >= 15 is 0 Å². The zero-order valence-electron chi connectivity index (χ0n) is 11.0. The lowest BCUT2D eigenvalue weighted by molar-refractivity contribution is 0.0943. The topological polar surface area (TPSA) is 61.4 Å². The molecular weight excluding hydrogens is 230 g/mol. The predicted octanol–water partition coefficient (Wildman–Crippen LogP) is 0.338. The van der Waals surface area contributed by atoms with E-state index in [1.54, 1.807) is 31.3 Å². The van der Waals surface area contributed by atoms with Gasteiger partial charge in [0.1, 0.15) is 0 Å². The summed E-state index contributed by atoms with van der Waals surface area (Å²) in [5.74, 6) is -0.283. The van der Waals surface area contributed by atoms with Crippen molar-refractivity contribution in [2.75, 3.05) is 34.2 Å². The van der Waals surface area contributed by atoms with Gasteiger partial charge in [-0.25, -0.2) is 0 Å². The highest BCUT2D eigenvalue weighted by Crippen LogP contribution is 2.04. The second-order valence-electron chi connectivity index (χ2n) is 4.22. The highest BCUT2D eigenvalue weighted by Gasteiger charge is 2.07. The number of carbonyl (C=O) groups is 2. The molecule has 1 aromatic rings. The Morgan fingerprint density at radius 2 is 1.56 bits per heavy atom. The SMILES string of the molecule is CNC(=O)c1ccc(C(=O)NCCN(C)C)cc1. The molecule has 98 valence electrons. The van der Waals surface area contributed by atoms with Crippen LogP contribution in [-0.4, -0.2) is 50.9 Å². The van der Waals surface area contributed by atoms with Crippen LogP contribution in [0.2, 0.25) is 0 Å². The van der Waals surface area contributed by atoms with Crippen molar-refractivity contribution < 1.29 is 9.59 Å². The minimum atomic E-state index is -0.158. The first-order valence-corrected chi connectivity index (χ1v) is 5.79. The van der Waals surface area contributed by atoms with Gasteiger partial charge in [-0.1, -0.05) is 0 Å². The Kier molecular flexibility index (Phi) is 5.32. The molecule has 5 nitrogen and oxygen atoms in total. The Balaban J connectivity index is 2.56. The molecule has 0 aliphatic rings. The summed E-state index contributed by atoms with van der Waals surface area (Å²) in [6, 6.07) is 6.57. The van der Waals surface area contributed by atoms with E-state index in [9.17, 15) is 9.59 Å². The first-order chi connectivity index (χ1) is 8.54. The van der Waals surface area contributed by atoms with E-state index in [0.717, 1.165) is 6.54 Å². The van der Waals surface area contributed by atoms with Crippen molar-refractivity contribution in [1.29, 1.82) is 0 Å². The Hall–Kier alpha value is -1.88. The fourth-order valence-electron chi connectivity index (χ4n) is 1.41. The summed E-state index contributed by atoms with van der Waals surface area (Å²) in [4.78, 5) is 25.1. The number of carbonyl (C=O) groups excluding carboxylic acids is 2. The maximum absolute atomic E-state index is 11.7. The van der Waals surface area contributed by atoms with E-state index in [1.165, 1.54) is 0 Å². The monoisotopic (exact) mass is 249 g/mol. The van der Waals surface area contributed by atoms with Crippen molar-refractivity contribution in [3.63, 3.8) is 0 Å². The van der Waals surface area contributed by atoms with Gasteiger partial charge in [0.05, 0.1) is 0 Å². The smallest absolute Gasteiger partial charge is 0.251 e. The van der Waals surface area contributed by atoms with Gasteiger partial charge in [0.25, 0.3) is 11.8 Å². The lowest BCUT2D eigenvalue weighted by Crippen LogP contribution is -2.31. The van der Waals surface area contributed by atoms with Crippen LogP contribution in [0.3, 0.4) is 0 Å². The van der Waals surface area contributed by atoms with Crippen molar-refractivity contribution >= 4 is 11.8 Å². The molecule has 0 unspecified atom stereocenters. The molecular formula is C13H19N3O2. The maximum Gasteiger partial charge on any atom is 0.251 e. The van der Waals surface area contributed by atoms with Crippen LogP contribution >= 0.6 is 0 Å². The fraction of sp³-hybridized carbons (Fsp3) is 0.385. The van der Waals surface area contributed by atoms with Crippen molar-refractivity contribution in [3.8, 4) is 0 Å². The van der Waals surface area contributed by atoms with Gasteiger partial charge in [-0.3, -0.25) is 9.59 Å². The maximum atomic E-state index is 11.7. The standard InChI is InChI=1S/C13H19N3O2/c1-14-12(17)10-4-6-11(7-5-10)13(18)15-8-9-16(2)3/h4-7H,8-9H2,1-3H3,(H,14,17)(H,15,18). The van der Waals surface area contributed by atoms with Crippen LogP contribution in [0.15, 0.2) is 24.3 Å². The number of rotatable bonds is 5. The molecule has 18 heavy (non-hydrogen) atoms. The molecule has 2 amide bonds. The van der Waals surface area contributed by atoms with Gasteiger partial charge >= 0.3 is 0 Å². The van der Waals surface area contributed by atoms with Crippen LogP contribution in [0.1, 0.15) is 20.7 Å². The van der Waals surface area contributed by atoms with Crippen molar-refractivity contribution in [2.24, 2.45) is 0 Å². The molecule has 2 N–H and O–H groups in total. The van der Waals surface area contributed by atoms with Crippen molar-refractivity contribution in [2.45, 2.75) is 0 Å². The van der Waals surface area contributed by atoms with Crippen LogP contribution in [-0.2, 0) is 0 Å². The van der Waals surface area contributed by atoms with Gasteiger partial charge in [0.2, 0.25) is 0 Å². The van der Waals surface area contributed by atoms with Gasteiger partial charge in [-0.15, -0.1) is 0 Å². The number of nitrogens with zero attached hydrogens (tertiary/aromatic N) is 1. The normalized spacial score (nSPS) is 10.2. The molecule has 0 aromatic heterocycles. The second kappa shape index (κ2) is 6.76. The van der Waals surface area contributed by atoms with Gasteiger partial charge in [-0.2, -0.15) is 0 Å². The molecule has 1 rings (SSSR count). The summed E-state index contributed by atoms with van der Waals surface area (Å²) in [7, 11) is 5.47. The van der Waals surface area contributed by atoms with E-state index in [2.05, 4.69) is 10.6 Å². The Morgan fingerprint density at radius 1 is 1.06 bits per heavy atom. The highest BCUT2D eigenvalue weighted by atomic mass is 16.2. The summed E-state index contributed by atoms with van der Waals surface area (Å²) in [6.45, 7) is 1.39. The Bertz CT molecular complexity index is 413. The van der Waals surface area contributed by atoms with Crippen molar-refractivity contribution in [1.82, 2.24) is 15.5 Å². The summed E-state index contributed by atoms with van der Waals surface area (Å²) < 4.78 is 0. The van der Waals surface area contributed by atoms with Crippen LogP contribution in [0.4, 0.5) is 0 Å². The molecule has 0 saturated heterocycles. The predicted molar refractivity (Wildman–Crippen MR) is 70.7 cm³/mol. The van der Waals surface area contributed by atoms with E-state index in [-0.39, 0.29) is 11.8 Å². The third kappa shape index (κ3) is 4.18. The number of nitrogens with one attached hydrogen (secondary N) is 2. The fourth-order valence-corrected chi connectivity index (χ4v) is 1.41. The van der Waals surface area contributed by atoms with E-state index in [4.69, 9.17) is 0 Å². The zero-order valence-corrected chi connectivity index (χ0v) is 11.0. The third-order valence-corrected chi connectivity index (χ3v) is 2.48. The number of hydrogen-bond donors (Lipinski definition) is 2. The number of benzene rings is 1. The Labute approximate surface area is 107 Å². The minimum Gasteiger partial charge on any atom is -0.355 e. The van der Waals surface area contributed by atoms with Crippen LogP contribution in [0.5, 0.6) is 0 Å². The quantitative estimate of drug-likeness (QED) is 0.791. The lowest BCUT2D eigenvalue weighted by atomic mass is 10.1. The van der Waals surface area contributed by atoms with Crippen molar-refractivity contribution in [3.05, 3.63) is 35.4 Å².